The van der Waals surface area contributed by atoms with Crippen molar-refractivity contribution >= 4 is 29.1 Å². The smallest absolute Gasteiger partial charge is 0.110 e. The molecule has 1 aliphatic heterocycles. The number of rotatable bonds is 0. The first kappa shape index (κ1) is 9.13. The van der Waals surface area contributed by atoms with Crippen LogP contribution in [0.1, 0.15) is 0 Å². The number of halogens is 2. The van der Waals surface area contributed by atoms with E-state index >= 15 is 0 Å². The largest absolute Gasteiger partial charge is 0.326 e. The first-order valence-electron chi connectivity index (χ1n) is 4.64. The number of hydrogen-bond acceptors (Lipinski definition) is 1. The Labute approximate surface area is 97.7 Å². The summed E-state index contributed by atoms with van der Waals surface area (Å²) in [5.74, 6) is 0. The van der Waals surface area contributed by atoms with Crippen LogP contribution in [0.15, 0.2) is 36.5 Å². The van der Waals surface area contributed by atoms with Crippen molar-refractivity contribution in [3.05, 3.63) is 41.6 Å². The standard InChI is InChI=1S/C11H8Cl2N2/c12-8-5-11-9-3-1-2-4-10(9)15(13)7-14(11)6-8/h1-6H,7H2. The molecule has 76 valence electrons. The third-order valence-electron chi connectivity index (χ3n) is 2.58. The molecule has 0 bridgehead atoms. The van der Waals surface area contributed by atoms with Crippen LogP contribution in [0.5, 0.6) is 0 Å². The van der Waals surface area contributed by atoms with E-state index in [1.807, 2.05) is 41.1 Å². The van der Waals surface area contributed by atoms with Crippen molar-refractivity contribution in [2.24, 2.45) is 0 Å². The highest BCUT2D eigenvalue weighted by atomic mass is 35.5. The summed E-state index contributed by atoms with van der Waals surface area (Å²) in [6.45, 7) is 0.626. The molecule has 1 aromatic heterocycles. The monoisotopic (exact) mass is 238 g/mol. The minimum absolute atomic E-state index is 0.626. The molecule has 4 heteroatoms. The van der Waals surface area contributed by atoms with Gasteiger partial charge in [0.05, 0.1) is 16.4 Å². The molecule has 0 saturated carbocycles. The number of nitrogens with zero attached hydrogens (tertiary/aromatic N) is 2. The van der Waals surface area contributed by atoms with E-state index in [9.17, 15) is 0 Å². The minimum Gasteiger partial charge on any atom is -0.326 e. The summed E-state index contributed by atoms with van der Waals surface area (Å²) in [5, 5.41) is 0.742. The fourth-order valence-corrected chi connectivity index (χ4v) is 2.41. The number of anilines is 1. The maximum Gasteiger partial charge on any atom is 0.110 e. The lowest BCUT2D eigenvalue weighted by molar-refractivity contribution is 0.731. The lowest BCUT2D eigenvalue weighted by atomic mass is 10.1. The normalized spacial score (nSPS) is 13.6. The van der Waals surface area contributed by atoms with Crippen LogP contribution in [0.3, 0.4) is 0 Å². The molecule has 0 aliphatic carbocycles. The van der Waals surface area contributed by atoms with Gasteiger partial charge in [0, 0.05) is 23.5 Å². The van der Waals surface area contributed by atoms with E-state index in [-0.39, 0.29) is 0 Å². The van der Waals surface area contributed by atoms with E-state index in [0.717, 1.165) is 22.0 Å². The Balaban J connectivity index is 2.29. The van der Waals surface area contributed by atoms with Crippen molar-refractivity contribution in [1.29, 1.82) is 0 Å². The van der Waals surface area contributed by atoms with Gasteiger partial charge in [-0.3, -0.25) is 4.42 Å². The molecule has 0 atom stereocenters. The van der Waals surface area contributed by atoms with Crippen LogP contribution in [0.25, 0.3) is 11.3 Å². The molecule has 0 unspecified atom stereocenters. The van der Waals surface area contributed by atoms with Gasteiger partial charge in [0.2, 0.25) is 0 Å². The third-order valence-corrected chi connectivity index (χ3v) is 3.08. The van der Waals surface area contributed by atoms with E-state index in [0.29, 0.717) is 6.67 Å². The molecular weight excluding hydrogens is 231 g/mol. The first-order chi connectivity index (χ1) is 7.25. The predicted molar refractivity (Wildman–Crippen MR) is 63.2 cm³/mol. The molecule has 1 aromatic carbocycles. The molecule has 15 heavy (non-hydrogen) atoms. The van der Waals surface area contributed by atoms with Gasteiger partial charge in [-0.2, -0.15) is 0 Å². The molecular formula is C11H8Cl2N2. The van der Waals surface area contributed by atoms with Gasteiger partial charge in [-0.25, -0.2) is 0 Å². The van der Waals surface area contributed by atoms with Crippen molar-refractivity contribution in [2.75, 3.05) is 4.42 Å². The molecule has 0 saturated heterocycles. The molecule has 0 fully saturated rings. The third kappa shape index (κ3) is 1.33. The summed E-state index contributed by atoms with van der Waals surface area (Å²) in [6, 6.07) is 10.00. The van der Waals surface area contributed by atoms with Crippen molar-refractivity contribution in [3.8, 4) is 11.3 Å². The Morgan fingerprint density at radius 3 is 2.87 bits per heavy atom. The SMILES string of the molecule is Clc1cc2n(c1)CN(Cl)c1ccccc1-2. The molecule has 0 spiro atoms. The van der Waals surface area contributed by atoms with Gasteiger partial charge < -0.3 is 4.57 Å². The van der Waals surface area contributed by atoms with E-state index in [1.54, 1.807) is 4.42 Å². The fraction of sp³-hybridized carbons (Fsp3) is 0.0909. The molecule has 0 N–H and O–H groups in total. The number of benzene rings is 1. The molecule has 3 rings (SSSR count). The zero-order chi connectivity index (χ0) is 10.4. The van der Waals surface area contributed by atoms with E-state index in [2.05, 4.69) is 0 Å². The number of aromatic nitrogens is 1. The topological polar surface area (TPSA) is 8.17 Å². The number of fused-ring (bicyclic) bond motifs is 3. The second-order valence-electron chi connectivity index (χ2n) is 3.53. The Morgan fingerprint density at radius 1 is 1.20 bits per heavy atom. The van der Waals surface area contributed by atoms with Crippen LogP contribution in [0.4, 0.5) is 5.69 Å². The van der Waals surface area contributed by atoms with Crippen LogP contribution in [-0.2, 0) is 6.67 Å². The highest BCUT2D eigenvalue weighted by Gasteiger charge is 2.20. The molecule has 1 aliphatic rings. The zero-order valence-corrected chi connectivity index (χ0v) is 9.33. The van der Waals surface area contributed by atoms with Gasteiger partial charge in [-0.15, -0.1) is 0 Å². The van der Waals surface area contributed by atoms with Crippen LogP contribution < -0.4 is 4.42 Å². The van der Waals surface area contributed by atoms with Gasteiger partial charge in [-0.05, 0) is 12.1 Å². The molecule has 2 aromatic rings. The second kappa shape index (κ2) is 3.19. The van der Waals surface area contributed by atoms with Gasteiger partial charge in [0.15, 0.2) is 0 Å². The maximum atomic E-state index is 6.15. The van der Waals surface area contributed by atoms with Crippen LogP contribution in [0.2, 0.25) is 5.02 Å². The van der Waals surface area contributed by atoms with Gasteiger partial charge in [0.1, 0.15) is 6.67 Å². The minimum atomic E-state index is 0.626. The summed E-state index contributed by atoms with van der Waals surface area (Å²) >= 11 is 12.1. The van der Waals surface area contributed by atoms with Gasteiger partial charge >= 0.3 is 0 Å². The highest BCUT2D eigenvalue weighted by Crippen LogP contribution is 2.38. The Bertz CT molecular complexity index is 519. The van der Waals surface area contributed by atoms with Crippen molar-refractivity contribution in [3.63, 3.8) is 0 Å². The Hall–Kier alpha value is -1.12. The Kier molecular flexibility index (Phi) is 1.94. The number of para-hydroxylation sites is 1. The summed E-state index contributed by atoms with van der Waals surface area (Å²) in [4.78, 5) is 0. The average Bonchev–Trinajstić information content (AvgIpc) is 2.59. The summed E-state index contributed by atoms with van der Waals surface area (Å²) in [5.41, 5.74) is 3.26. The van der Waals surface area contributed by atoms with Crippen molar-refractivity contribution in [2.45, 2.75) is 6.67 Å². The van der Waals surface area contributed by atoms with Gasteiger partial charge in [0.25, 0.3) is 0 Å². The van der Waals surface area contributed by atoms with Crippen LogP contribution in [0, 0.1) is 0 Å². The number of hydrogen-bond donors (Lipinski definition) is 0. The molecule has 2 nitrogen and oxygen atoms in total. The van der Waals surface area contributed by atoms with Gasteiger partial charge in [-0.1, -0.05) is 29.8 Å². The molecule has 0 amide bonds. The van der Waals surface area contributed by atoms with Crippen LogP contribution in [-0.4, -0.2) is 4.57 Å². The summed E-state index contributed by atoms with van der Waals surface area (Å²) < 4.78 is 3.73. The van der Waals surface area contributed by atoms with Crippen LogP contribution >= 0.6 is 23.4 Å². The van der Waals surface area contributed by atoms with E-state index in [1.165, 1.54) is 0 Å². The zero-order valence-electron chi connectivity index (χ0n) is 7.82. The predicted octanol–water partition coefficient (Wildman–Crippen LogP) is 3.74. The highest BCUT2D eigenvalue weighted by molar-refractivity contribution is 6.31. The summed E-state index contributed by atoms with van der Waals surface area (Å²) in [7, 11) is 0. The van der Waals surface area contributed by atoms with Crippen molar-refractivity contribution in [1.82, 2.24) is 4.57 Å². The van der Waals surface area contributed by atoms with E-state index in [4.69, 9.17) is 23.4 Å². The lowest BCUT2D eigenvalue weighted by Crippen LogP contribution is -2.20. The first-order valence-corrected chi connectivity index (χ1v) is 5.36. The fourth-order valence-electron chi connectivity index (χ4n) is 1.93. The molecule has 2 heterocycles. The Morgan fingerprint density at radius 2 is 2.00 bits per heavy atom. The van der Waals surface area contributed by atoms with Crippen molar-refractivity contribution < 1.29 is 0 Å². The average molecular weight is 239 g/mol. The molecule has 0 radical (unpaired) electrons. The van der Waals surface area contributed by atoms with E-state index < -0.39 is 0 Å². The quantitative estimate of drug-likeness (QED) is 0.636. The lowest BCUT2D eigenvalue weighted by Gasteiger charge is -2.26. The second-order valence-corrected chi connectivity index (χ2v) is 4.38. The summed E-state index contributed by atoms with van der Waals surface area (Å²) in [6.07, 6.45) is 1.89. The maximum absolute atomic E-state index is 6.15.